The predicted octanol–water partition coefficient (Wildman–Crippen LogP) is 13.2. The fourth-order valence-electron chi connectivity index (χ4n) is 13.1. The van der Waals surface area contributed by atoms with Crippen molar-refractivity contribution in [2.24, 2.45) is 0 Å². The zero-order chi connectivity index (χ0) is 54.3. The molecule has 12 aromatic carbocycles. The molecule has 0 saturated carbocycles. The van der Waals surface area contributed by atoms with Gasteiger partial charge in [-0.3, -0.25) is 0 Å². The molecule has 9 heteroatoms. The summed E-state index contributed by atoms with van der Waals surface area (Å²) in [4.78, 5) is 12.3. The van der Waals surface area contributed by atoms with Crippen LogP contribution in [0.5, 0.6) is 0 Å². The number of benzene rings is 12. The summed E-state index contributed by atoms with van der Waals surface area (Å²) in [5.74, 6) is 0. The van der Waals surface area contributed by atoms with Gasteiger partial charge in [-0.2, -0.15) is 0 Å². The minimum absolute atomic E-state index is 0.0802. The van der Waals surface area contributed by atoms with Crippen LogP contribution < -0.4 is 61.3 Å². The van der Waals surface area contributed by atoms with Crippen molar-refractivity contribution in [1.82, 2.24) is 0 Å². The molecular formula is C73H47B2N5SSe. The van der Waals surface area contributed by atoms with Gasteiger partial charge < -0.3 is 0 Å². The molecule has 4 aliphatic rings. The molecule has 5 nitrogen and oxygen atoms in total. The molecule has 0 unspecified atom stereocenters. The Labute approximate surface area is 489 Å². The number of nitriles is 1. The Hall–Kier alpha value is -9.67. The topological polar surface area (TPSA) is 36.8 Å². The standard InChI is InChI=1S/C73H47B2N5SSe/c76-48-49-39-41-50(42-40-49)69-72-61(74-59-35-19-21-37-63(59)79(55-31-15-5-16-32-55)65-43-57(45-67(81-72)70(65)74)77(51-23-7-1-8-24-51)52-25-9-2-10-26-52)47-62-73(69)82-68-46-58(78(53-27-11-3-12-28-53)54-29-13-4-14-30-54)44-66-71(68)75(62)60-36-20-22-38-64(60)80(66)56-33-17-6-18-34-56/h1-47H. The first-order chi connectivity index (χ1) is 40.7. The molecule has 382 valence electrons. The van der Waals surface area contributed by atoms with Gasteiger partial charge in [0.05, 0.1) is 0 Å². The van der Waals surface area contributed by atoms with Crippen molar-refractivity contribution in [2.45, 2.75) is 9.79 Å². The minimum atomic E-state index is -0.197. The summed E-state index contributed by atoms with van der Waals surface area (Å²) in [6, 6.07) is 107. The van der Waals surface area contributed by atoms with Gasteiger partial charge in [-0.05, 0) is 0 Å². The van der Waals surface area contributed by atoms with Gasteiger partial charge >= 0.3 is 493 Å². The van der Waals surface area contributed by atoms with Crippen LogP contribution in [0.1, 0.15) is 5.56 Å². The molecule has 0 saturated heterocycles. The van der Waals surface area contributed by atoms with Crippen LogP contribution in [0.15, 0.2) is 295 Å². The fraction of sp³-hybridized carbons (Fsp3) is 0. The summed E-state index contributed by atoms with van der Waals surface area (Å²) in [5.41, 5.74) is 24.4. The Bertz CT molecular complexity index is 4160. The molecule has 0 bridgehead atoms. The van der Waals surface area contributed by atoms with E-state index in [9.17, 15) is 5.26 Å². The van der Waals surface area contributed by atoms with Crippen LogP contribution in [0.2, 0.25) is 0 Å². The van der Waals surface area contributed by atoms with Crippen molar-refractivity contribution in [3.8, 4) is 17.2 Å². The Morgan fingerprint density at radius 3 is 1.29 bits per heavy atom. The molecule has 82 heavy (non-hydrogen) atoms. The van der Waals surface area contributed by atoms with Crippen LogP contribution in [0.25, 0.3) is 11.1 Å². The molecule has 0 amide bonds. The quantitative estimate of drug-likeness (QED) is 0.134. The Balaban J connectivity index is 0.997. The number of rotatable bonds is 9. The van der Waals surface area contributed by atoms with Crippen molar-refractivity contribution >= 4 is 150 Å². The van der Waals surface area contributed by atoms with Gasteiger partial charge in [0.25, 0.3) is 0 Å². The van der Waals surface area contributed by atoms with Gasteiger partial charge in [0.1, 0.15) is 0 Å². The van der Waals surface area contributed by atoms with Crippen molar-refractivity contribution in [3.63, 3.8) is 0 Å². The second kappa shape index (κ2) is 19.8. The second-order valence-corrected chi connectivity index (χ2v) is 24.3. The van der Waals surface area contributed by atoms with Crippen LogP contribution in [0.3, 0.4) is 0 Å². The SMILES string of the molecule is N#Cc1ccc(-c2c3c(cc4c2[Se]c2cc(N(c5ccccc5)c5ccccc5)cc5c2B4c2ccccc2N5c2ccccc2)B2c4ccccc4N(c4ccccc4)c4cc(N(c5ccccc5)c5ccccc5)cc(c42)S3)cc1. The first-order valence-corrected chi connectivity index (χ1v) is 30.3. The zero-order valence-corrected chi connectivity index (χ0v) is 46.9. The Kier molecular flexibility index (Phi) is 11.7. The first kappa shape index (κ1) is 48.3. The average Bonchev–Trinajstić information content (AvgIpc) is 3.59. The van der Waals surface area contributed by atoms with Crippen molar-refractivity contribution in [3.05, 3.63) is 291 Å². The van der Waals surface area contributed by atoms with Crippen molar-refractivity contribution < 1.29 is 0 Å². The van der Waals surface area contributed by atoms with E-state index < -0.39 is 0 Å². The van der Waals surface area contributed by atoms with Gasteiger partial charge in [0.2, 0.25) is 0 Å². The van der Waals surface area contributed by atoms with E-state index in [0.717, 1.165) is 51.1 Å². The van der Waals surface area contributed by atoms with Crippen molar-refractivity contribution in [1.29, 1.82) is 5.26 Å². The van der Waals surface area contributed by atoms with Gasteiger partial charge in [-0.15, -0.1) is 0 Å². The van der Waals surface area contributed by atoms with Crippen LogP contribution in [-0.4, -0.2) is 28.4 Å². The number of hydrogen-bond acceptors (Lipinski definition) is 6. The van der Waals surface area contributed by atoms with E-state index in [1.165, 1.54) is 79.8 Å². The summed E-state index contributed by atoms with van der Waals surface area (Å²) in [7, 11) is 0. The number of hydrogen-bond donors (Lipinski definition) is 0. The average molecular weight is 1130 g/mol. The number of para-hydroxylation sites is 8. The van der Waals surface area contributed by atoms with E-state index >= 15 is 0 Å². The number of fused-ring (bicyclic) bond motifs is 8. The summed E-state index contributed by atoms with van der Waals surface area (Å²) < 4.78 is 2.73. The van der Waals surface area contributed by atoms with Gasteiger partial charge in [-0.25, -0.2) is 0 Å². The van der Waals surface area contributed by atoms with E-state index in [1.807, 2.05) is 23.9 Å². The van der Waals surface area contributed by atoms with Gasteiger partial charge in [0, 0.05) is 0 Å². The first-order valence-electron chi connectivity index (χ1n) is 27.8. The second-order valence-electron chi connectivity index (χ2n) is 21.1. The van der Waals surface area contributed by atoms with Crippen LogP contribution in [0, 0.1) is 11.3 Å². The number of anilines is 12. The molecule has 4 aliphatic heterocycles. The molecule has 0 N–H and O–H groups in total. The zero-order valence-electron chi connectivity index (χ0n) is 44.3. The van der Waals surface area contributed by atoms with E-state index in [1.54, 1.807) is 0 Å². The van der Waals surface area contributed by atoms with Gasteiger partial charge in [-0.1, -0.05) is 0 Å². The van der Waals surface area contributed by atoms with Crippen LogP contribution in [0.4, 0.5) is 68.2 Å². The van der Waals surface area contributed by atoms with E-state index in [0.29, 0.717) is 5.56 Å². The third kappa shape index (κ3) is 7.79. The van der Waals surface area contributed by atoms with E-state index in [2.05, 4.69) is 299 Å². The maximum absolute atomic E-state index is 10.3. The molecule has 0 atom stereocenters. The summed E-state index contributed by atoms with van der Waals surface area (Å²) in [5, 5.41) is 10.3. The summed E-state index contributed by atoms with van der Waals surface area (Å²) >= 11 is 1.72. The van der Waals surface area contributed by atoms with E-state index in [-0.39, 0.29) is 28.4 Å². The number of nitrogens with zero attached hydrogens (tertiary/aromatic N) is 5. The monoisotopic (exact) mass is 1130 g/mol. The maximum atomic E-state index is 10.3. The molecule has 16 rings (SSSR count). The normalized spacial score (nSPS) is 12.9. The predicted molar refractivity (Wildman–Crippen MR) is 347 cm³/mol. The van der Waals surface area contributed by atoms with Gasteiger partial charge in [0.15, 0.2) is 0 Å². The van der Waals surface area contributed by atoms with Crippen LogP contribution >= 0.6 is 11.8 Å². The van der Waals surface area contributed by atoms with E-state index in [4.69, 9.17) is 0 Å². The van der Waals surface area contributed by atoms with Crippen LogP contribution in [-0.2, 0) is 0 Å². The summed E-state index contributed by atoms with van der Waals surface area (Å²) in [6.45, 7) is -0.181. The van der Waals surface area contributed by atoms with Crippen molar-refractivity contribution in [2.75, 3.05) is 19.6 Å². The third-order valence-corrected chi connectivity index (χ3v) is 20.2. The fourth-order valence-corrected chi connectivity index (χ4v) is 17.4. The Morgan fingerprint density at radius 1 is 0.378 bits per heavy atom. The third-order valence-electron chi connectivity index (χ3n) is 16.5. The molecule has 0 aliphatic carbocycles. The molecule has 0 spiro atoms. The molecular weight excluding hydrogens is 1080 g/mol. The molecule has 0 radical (unpaired) electrons. The molecule has 0 aromatic heterocycles. The molecule has 12 aromatic rings. The summed E-state index contributed by atoms with van der Waals surface area (Å²) in [6.07, 6.45) is 0. The molecule has 0 fully saturated rings. The Morgan fingerprint density at radius 2 is 0.805 bits per heavy atom. The molecule has 4 heterocycles.